The predicted molar refractivity (Wildman–Crippen MR) is 289 cm³/mol. The molecule has 0 radical (unpaired) electrons. The van der Waals surface area contributed by atoms with Gasteiger partial charge in [-0.3, -0.25) is 23.7 Å². The summed E-state index contributed by atoms with van der Waals surface area (Å²) < 4.78 is 37.8. The van der Waals surface area contributed by atoms with E-state index < -0.39 is 18.0 Å². The van der Waals surface area contributed by atoms with Gasteiger partial charge in [-0.1, -0.05) is 173 Å². The van der Waals surface area contributed by atoms with Crippen LogP contribution in [-0.2, 0) is 38.1 Å². The number of halogens is 1. The Labute approximate surface area is 458 Å². The van der Waals surface area contributed by atoms with Gasteiger partial charge in [-0.05, 0) is 70.6 Å². The van der Waals surface area contributed by atoms with Gasteiger partial charge in [0.25, 0.3) is 5.88 Å². The first-order valence-corrected chi connectivity index (χ1v) is 29.4. The molecule has 0 aromatic carbocycles. The summed E-state index contributed by atoms with van der Waals surface area (Å²) >= 11 is 1.13. The van der Waals surface area contributed by atoms with Crippen LogP contribution in [0.3, 0.4) is 0 Å². The number of aromatic nitrogens is 2. The third-order valence-corrected chi connectivity index (χ3v) is 13.6. The van der Waals surface area contributed by atoms with Gasteiger partial charge >= 0.3 is 23.9 Å². The third-order valence-electron chi connectivity index (χ3n) is 13.1. The number of ether oxygens (including phenoxy) is 5. The Bertz CT molecular complexity index is 1560. The summed E-state index contributed by atoms with van der Waals surface area (Å²) in [4.78, 5) is 51.4. The molecule has 0 fully saturated rings. The number of hydrogen-bond donors (Lipinski definition) is 0. The fraction of sp³-hybridized carbons (Fsp3) is 0.793. The Balaban J connectivity index is 0.0000259. The van der Waals surface area contributed by atoms with Crippen LogP contribution in [-0.4, -0.2) is 89.9 Å². The van der Waals surface area contributed by atoms with Gasteiger partial charge < -0.3 is 47.7 Å². The van der Waals surface area contributed by atoms with Crippen LogP contribution in [0.2, 0.25) is 0 Å². The molecule has 0 spiro atoms. The molecule has 2 rings (SSSR count). The van der Waals surface area contributed by atoms with Gasteiger partial charge in [0.15, 0.2) is 6.10 Å². The Morgan fingerprint density at radius 3 is 1.49 bits per heavy atom. The Morgan fingerprint density at radius 2 is 0.986 bits per heavy atom. The molecule has 12 nitrogen and oxygen atoms in total. The molecule has 72 heavy (non-hydrogen) atoms. The lowest BCUT2D eigenvalue weighted by molar-refractivity contribution is -0.919. The molecule has 14 heteroatoms. The van der Waals surface area contributed by atoms with E-state index >= 15 is 0 Å². The van der Waals surface area contributed by atoms with Crippen LogP contribution in [0.4, 0.5) is 0 Å². The van der Waals surface area contributed by atoms with Crippen LogP contribution in [0, 0.1) is 0 Å². The van der Waals surface area contributed by atoms with Crippen LogP contribution in [0.1, 0.15) is 251 Å². The number of allylic oxidation sites excluding steroid dienone is 4. The van der Waals surface area contributed by atoms with Crippen molar-refractivity contribution >= 4 is 41.2 Å². The zero-order chi connectivity index (χ0) is 51.3. The number of carbonyl (C=O) groups is 4. The van der Waals surface area contributed by atoms with E-state index in [0.29, 0.717) is 23.5 Å². The average Bonchev–Trinajstić information content (AvgIpc) is 3.84. The summed E-state index contributed by atoms with van der Waals surface area (Å²) in [6, 6.07) is 0. The van der Waals surface area contributed by atoms with Gasteiger partial charge in [0, 0.05) is 24.8 Å². The Kier molecular flexibility index (Phi) is 43.5. The quantitative estimate of drug-likeness (QED) is 0.0154. The van der Waals surface area contributed by atoms with Crippen molar-refractivity contribution in [2.75, 3.05) is 46.7 Å². The smallest absolute Gasteiger partial charge is 0.310 e. The lowest BCUT2D eigenvalue weighted by Crippen LogP contribution is -3.00. The zero-order valence-corrected chi connectivity index (χ0v) is 48.7. The maximum absolute atomic E-state index is 13.1. The number of rotatable bonds is 47. The SMILES string of the molecule is CCCCCCCC/C=C\CCCCCCCC(=O)OCC(COC(=O)CCCCCCC/C=C\CCCCCCCC)OC(=O)CCC(=O)OC[N+]1(C)CCC=C(c2nsnc2OCCCCCC)C1.[I-]. The summed E-state index contributed by atoms with van der Waals surface area (Å²) in [5.74, 6) is -1.37. The monoisotopic (exact) mass is 1140 g/mol. The van der Waals surface area contributed by atoms with E-state index in [9.17, 15) is 19.2 Å². The van der Waals surface area contributed by atoms with E-state index in [0.717, 1.165) is 132 Å². The van der Waals surface area contributed by atoms with Crippen molar-refractivity contribution in [3.8, 4) is 5.88 Å². The number of likely N-dealkylation sites (N-methyl/N-ethyl adjacent to an activating group) is 1. The topological polar surface area (TPSA) is 140 Å². The average molecular weight is 1140 g/mol. The largest absolute Gasteiger partial charge is 1.00 e. The number of carbonyl (C=O) groups excluding carboxylic acids is 4. The Morgan fingerprint density at radius 1 is 0.556 bits per heavy atom. The van der Waals surface area contributed by atoms with Crippen molar-refractivity contribution in [3.05, 3.63) is 36.1 Å². The first kappa shape index (κ1) is 67.2. The van der Waals surface area contributed by atoms with Crippen LogP contribution < -0.4 is 28.7 Å². The molecule has 1 unspecified atom stereocenters. The maximum atomic E-state index is 13.1. The molecule has 414 valence electrons. The molecule has 1 aromatic rings. The standard InChI is InChI=1S/C58H100N3O9S.HI/c1-5-8-11-14-16-18-20-22-24-26-28-30-32-34-36-41-53(62)67-48-52(49-68-54(63)42-37-35-33-31-29-27-25-23-21-19-17-15-12-9-6-2)70-56(65)44-43-55(64)69-50-61(4)45-39-40-51(47-61)57-58(60-71-59-57)66-46-38-13-10-7-3;/h22-25,40,52H,5-21,26-39,41-50H2,1-4H3;1H/q+1;/p-1/b24-22-,25-23-;. The molecule has 0 amide bonds. The number of esters is 4. The molecule has 1 aromatic heterocycles. The van der Waals surface area contributed by atoms with E-state index in [1.54, 1.807) is 0 Å². The van der Waals surface area contributed by atoms with Gasteiger partial charge in [0.05, 0.1) is 44.8 Å². The van der Waals surface area contributed by atoms with Gasteiger partial charge in [0.1, 0.15) is 25.5 Å². The van der Waals surface area contributed by atoms with E-state index in [4.69, 9.17) is 23.7 Å². The van der Waals surface area contributed by atoms with Crippen molar-refractivity contribution in [3.63, 3.8) is 0 Å². The van der Waals surface area contributed by atoms with E-state index in [1.807, 2.05) is 7.05 Å². The highest BCUT2D eigenvalue weighted by atomic mass is 127. The van der Waals surface area contributed by atoms with Gasteiger partial charge in [-0.15, -0.1) is 4.37 Å². The van der Waals surface area contributed by atoms with E-state index in [1.165, 1.54) is 96.3 Å². The molecular formula is C58H100IN3O9S. The maximum Gasteiger partial charge on any atom is 0.310 e. The predicted octanol–water partition coefficient (Wildman–Crippen LogP) is 12.1. The fourth-order valence-corrected chi connectivity index (χ4v) is 9.15. The van der Waals surface area contributed by atoms with Crippen LogP contribution in [0.5, 0.6) is 5.88 Å². The number of unbranched alkanes of at least 4 members (excludes halogenated alkanes) is 25. The minimum atomic E-state index is -0.983. The fourth-order valence-electron chi connectivity index (χ4n) is 8.62. The highest BCUT2D eigenvalue weighted by molar-refractivity contribution is 6.99. The Hall–Kier alpha value is -2.85. The summed E-state index contributed by atoms with van der Waals surface area (Å²) in [6.07, 6.45) is 46.2. The van der Waals surface area contributed by atoms with Gasteiger partial charge in [-0.2, -0.15) is 4.37 Å². The number of hydrogen-bond acceptors (Lipinski definition) is 12. The first-order valence-electron chi connectivity index (χ1n) is 28.6. The zero-order valence-electron chi connectivity index (χ0n) is 45.8. The molecule has 0 saturated heterocycles. The van der Waals surface area contributed by atoms with Gasteiger partial charge in [-0.25, -0.2) is 0 Å². The third kappa shape index (κ3) is 37.0. The second-order valence-corrected chi connectivity index (χ2v) is 20.7. The van der Waals surface area contributed by atoms with Crippen molar-refractivity contribution in [1.29, 1.82) is 0 Å². The molecular weight excluding hydrogens is 1040 g/mol. The van der Waals surface area contributed by atoms with Crippen molar-refractivity contribution in [2.24, 2.45) is 0 Å². The molecule has 0 aliphatic carbocycles. The number of quaternary nitrogens is 1. The van der Waals surface area contributed by atoms with Crippen LogP contribution >= 0.6 is 11.7 Å². The van der Waals surface area contributed by atoms with Crippen molar-refractivity contribution in [2.45, 2.75) is 252 Å². The van der Waals surface area contributed by atoms with Crippen LogP contribution in [0.25, 0.3) is 5.57 Å². The summed E-state index contributed by atoms with van der Waals surface area (Å²) in [6.45, 7) is 8.34. The van der Waals surface area contributed by atoms with Crippen LogP contribution in [0.15, 0.2) is 30.4 Å². The minimum Gasteiger partial charge on any atom is -1.00 e. The summed E-state index contributed by atoms with van der Waals surface area (Å²) in [7, 11) is 2.03. The minimum absolute atomic E-state index is 0. The second kappa shape index (κ2) is 46.7. The highest BCUT2D eigenvalue weighted by Crippen LogP contribution is 2.30. The normalized spacial score (nSPS) is 14.7. The molecule has 1 atom stereocenters. The van der Waals surface area contributed by atoms with Crippen molar-refractivity contribution < 1.29 is 71.3 Å². The molecule has 0 saturated carbocycles. The van der Waals surface area contributed by atoms with Crippen molar-refractivity contribution in [1.82, 2.24) is 8.75 Å². The number of nitrogens with zero attached hydrogens (tertiary/aromatic N) is 3. The molecule has 2 heterocycles. The molecule has 0 N–H and O–H groups in total. The molecule has 1 aliphatic rings. The second-order valence-electron chi connectivity index (χ2n) is 20.1. The summed E-state index contributed by atoms with van der Waals surface area (Å²) in [5, 5.41) is 0. The van der Waals surface area contributed by atoms with Gasteiger partial charge in [0.2, 0.25) is 6.73 Å². The molecule has 0 bridgehead atoms. The summed E-state index contributed by atoms with van der Waals surface area (Å²) in [5.41, 5.74) is 1.77. The highest BCUT2D eigenvalue weighted by Gasteiger charge is 2.31. The van der Waals surface area contributed by atoms with E-state index in [2.05, 4.69) is 59.9 Å². The first-order chi connectivity index (χ1) is 34.7. The molecule has 1 aliphatic heterocycles. The van der Waals surface area contributed by atoms with E-state index in [-0.39, 0.29) is 81.5 Å². The lowest BCUT2D eigenvalue weighted by atomic mass is 10.1. The lowest BCUT2D eigenvalue weighted by Gasteiger charge is -2.36.